The van der Waals surface area contributed by atoms with E-state index in [2.05, 4.69) is 4.99 Å². The van der Waals surface area contributed by atoms with Crippen LogP contribution in [-0.2, 0) is 9.53 Å². The average molecular weight is 412 g/mol. The number of rotatable bonds is 4. The van der Waals surface area contributed by atoms with E-state index in [-0.39, 0.29) is 23.3 Å². The number of fused-ring (bicyclic) bond motifs is 1. The summed E-state index contributed by atoms with van der Waals surface area (Å²) in [5, 5.41) is 0. The highest BCUT2D eigenvalue weighted by Gasteiger charge is 2.34. The number of thiazole rings is 1. The van der Waals surface area contributed by atoms with E-state index in [1.807, 2.05) is 0 Å². The molecule has 1 aliphatic heterocycles. The molecular formula is C21H17FN2O4S. The maximum Gasteiger partial charge on any atom is 0.338 e. The fraction of sp³-hybridized carbons (Fsp3) is 0.190. The van der Waals surface area contributed by atoms with Crippen LogP contribution in [0.4, 0.5) is 4.39 Å². The third kappa shape index (κ3) is 3.36. The van der Waals surface area contributed by atoms with Crippen molar-refractivity contribution in [1.29, 1.82) is 0 Å². The fourth-order valence-electron chi connectivity index (χ4n) is 3.29. The Kier molecular flexibility index (Phi) is 5.02. The zero-order chi connectivity index (χ0) is 20.5. The minimum absolute atomic E-state index is 0.147. The van der Waals surface area contributed by atoms with Crippen molar-refractivity contribution in [1.82, 2.24) is 4.57 Å². The Bertz CT molecular complexity index is 1280. The first-order valence-corrected chi connectivity index (χ1v) is 9.80. The van der Waals surface area contributed by atoms with Gasteiger partial charge >= 0.3 is 5.97 Å². The van der Waals surface area contributed by atoms with Crippen molar-refractivity contribution >= 4 is 23.4 Å². The number of ether oxygens (including phenoxy) is 1. The van der Waals surface area contributed by atoms with Crippen molar-refractivity contribution in [3.8, 4) is 0 Å². The number of benzene rings is 1. The molecule has 0 aliphatic carbocycles. The molecule has 0 unspecified atom stereocenters. The van der Waals surface area contributed by atoms with Crippen molar-refractivity contribution in [2.45, 2.75) is 19.9 Å². The zero-order valence-corrected chi connectivity index (χ0v) is 16.5. The first-order chi connectivity index (χ1) is 14.0. The fourth-order valence-corrected chi connectivity index (χ4v) is 4.31. The highest BCUT2D eigenvalue weighted by molar-refractivity contribution is 7.07. The second kappa shape index (κ2) is 7.63. The molecule has 4 rings (SSSR count). The molecule has 1 aliphatic rings. The van der Waals surface area contributed by atoms with Gasteiger partial charge in [0.15, 0.2) is 4.80 Å². The molecule has 8 heteroatoms. The summed E-state index contributed by atoms with van der Waals surface area (Å²) in [5.41, 5.74) is 0.361. The lowest BCUT2D eigenvalue weighted by molar-refractivity contribution is -0.139. The van der Waals surface area contributed by atoms with Crippen LogP contribution in [0.15, 0.2) is 68.1 Å². The Morgan fingerprint density at radius 1 is 1.34 bits per heavy atom. The molecule has 0 radical (unpaired) electrons. The number of allylic oxidation sites excluding steroid dienone is 1. The molecule has 0 saturated carbocycles. The average Bonchev–Trinajstić information content (AvgIpc) is 3.30. The molecule has 3 heterocycles. The summed E-state index contributed by atoms with van der Waals surface area (Å²) in [4.78, 5) is 30.7. The van der Waals surface area contributed by atoms with Crippen molar-refractivity contribution in [3.05, 3.63) is 90.8 Å². The van der Waals surface area contributed by atoms with Gasteiger partial charge in [-0.3, -0.25) is 9.36 Å². The van der Waals surface area contributed by atoms with Gasteiger partial charge in [0.25, 0.3) is 5.56 Å². The first-order valence-electron chi connectivity index (χ1n) is 8.99. The van der Waals surface area contributed by atoms with Gasteiger partial charge in [-0.15, -0.1) is 0 Å². The molecule has 0 bridgehead atoms. The lowest BCUT2D eigenvalue weighted by Crippen LogP contribution is -2.40. The molecule has 0 spiro atoms. The van der Waals surface area contributed by atoms with E-state index in [1.165, 1.54) is 16.9 Å². The van der Waals surface area contributed by atoms with Crippen LogP contribution in [0.3, 0.4) is 0 Å². The molecule has 0 saturated heterocycles. The second-order valence-corrected chi connectivity index (χ2v) is 7.35. The lowest BCUT2D eigenvalue weighted by Gasteiger charge is -2.24. The van der Waals surface area contributed by atoms with Gasteiger partial charge < -0.3 is 9.15 Å². The third-order valence-corrected chi connectivity index (χ3v) is 5.52. The minimum atomic E-state index is -0.967. The Morgan fingerprint density at radius 2 is 2.14 bits per heavy atom. The summed E-state index contributed by atoms with van der Waals surface area (Å²) >= 11 is 1.15. The number of carbonyl (C=O) groups is 1. The second-order valence-electron chi connectivity index (χ2n) is 6.34. The van der Waals surface area contributed by atoms with Gasteiger partial charge in [0, 0.05) is 11.6 Å². The number of nitrogens with zero attached hydrogens (tertiary/aromatic N) is 2. The van der Waals surface area contributed by atoms with E-state index < -0.39 is 17.8 Å². The molecule has 0 N–H and O–H groups in total. The van der Waals surface area contributed by atoms with Crippen LogP contribution >= 0.6 is 11.3 Å². The summed E-state index contributed by atoms with van der Waals surface area (Å²) < 4.78 is 26.9. The predicted octanol–water partition coefficient (Wildman–Crippen LogP) is 2.53. The number of carbonyl (C=O) groups excluding carboxylic acids is 1. The Balaban J connectivity index is 2.00. The van der Waals surface area contributed by atoms with E-state index in [1.54, 1.807) is 50.3 Å². The van der Waals surface area contributed by atoms with Crippen molar-refractivity contribution in [2.24, 2.45) is 4.99 Å². The van der Waals surface area contributed by atoms with Gasteiger partial charge in [-0.1, -0.05) is 29.5 Å². The van der Waals surface area contributed by atoms with Gasteiger partial charge in [-0.25, -0.2) is 14.2 Å². The lowest BCUT2D eigenvalue weighted by atomic mass is 9.95. The Hall–Kier alpha value is -3.26. The van der Waals surface area contributed by atoms with Crippen LogP contribution in [-0.4, -0.2) is 17.1 Å². The van der Waals surface area contributed by atoms with E-state index in [4.69, 9.17) is 9.15 Å². The van der Waals surface area contributed by atoms with Crippen LogP contribution in [0.5, 0.6) is 0 Å². The number of hydrogen-bond acceptors (Lipinski definition) is 6. The molecule has 29 heavy (non-hydrogen) atoms. The normalized spacial score (nSPS) is 16.5. The summed E-state index contributed by atoms with van der Waals surface area (Å²) in [6.45, 7) is 3.50. The van der Waals surface area contributed by atoms with Crippen LogP contribution in [0.2, 0.25) is 0 Å². The summed E-state index contributed by atoms with van der Waals surface area (Å²) in [5.74, 6) is -0.629. The molecule has 2 aromatic heterocycles. The van der Waals surface area contributed by atoms with Gasteiger partial charge in [-0.05, 0) is 32.0 Å². The van der Waals surface area contributed by atoms with E-state index in [9.17, 15) is 14.0 Å². The first kappa shape index (κ1) is 19.1. The van der Waals surface area contributed by atoms with E-state index in [0.717, 1.165) is 11.3 Å². The van der Waals surface area contributed by atoms with Gasteiger partial charge in [0.1, 0.15) is 17.6 Å². The number of furan rings is 1. The topological polar surface area (TPSA) is 73.8 Å². The number of aromatic nitrogens is 1. The van der Waals surface area contributed by atoms with Gasteiger partial charge in [0.2, 0.25) is 0 Å². The maximum absolute atomic E-state index is 14.7. The standard InChI is InChI=1S/C21H17FN2O4S/c1-3-27-20(26)17-12(2)23-21-24(18(17)14-8-4-5-9-15(14)22)19(25)16(29-21)11-13-7-6-10-28-13/h4-11,18H,3H2,1-2H3/b16-11-/t18-/m0/s1. The van der Waals surface area contributed by atoms with Crippen LogP contribution in [0.25, 0.3) is 6.08 Å². The summed E-state index contributed by atoms with van der Waals surface area (Å²) in [6.07, 6.45) is 3.11. The monoisotopic (exact) mass is 412 g/mol. The van der Waals surface area contributed by atoms with Crippen LogP contribution < -0.4 is 14.9 Å². The molecule has 3 aromatic rings. The van der Waals surface area contributed by atoms with Crippen molar-refractivity contribution in [2.75, 3.05) is 6.61 Å². The molecular weight excluding hydrogens is 395 g/mol. The van der Waals surface area contributed by atoms with Gasteiger partial charge in [-0.2, -0.15) is 0 Å². The van der Waals surface area contributed by atoms with E-state index >= 15 is 0 Å². The van der Waals surface area contributed by atoms with E-state index in [0.29, 0.717) is 20.8 Å². The summed E-state index contributed by atoms with van der Waals surface area (Å²) in [6, 6.07) is 8.55. The van der Waals surface area contributed by atoms with Crippen molar-refractivity contribution < 1.29 is 18.3 Å². The van der Waals surface area contributed by atoms with Gasteiger partial charge in [0.05, 0.1) is 28.7 Å². The van der Waals surface area contributed by atoms with Crippen molar-refractivity contribution in [3.63, 3.8) is 0 Å². The molecule has 0 fully saturated rings. The van der Waals surface area contributed by atoms with Crippen LogP contribution in [0.1, 0.15) is 31.2 Å². The minimum Gasteiger partial charge on any atom is -0.465 e. The highest BCUT2D eigenvalue weighted by Crippen LogP contribution is 2.32. The molecule has 1 atom stereocenters. The Morgan fingerprint density at radius 3 is 2.83 bits per heavy atom. The highest BCUT2D eigenvalue weighted by atomic mass is 32.1. The number of esters is 1. The number of hydrogen-bond donors (Lipinski definition) is 0. The zero-order valence-electron chi connectivity index (χ0n) is 15.7. The molecule has 1 aromatic carbocycles. The Labute approximate surface area is 168 Å². The summed E-state index contributed by atoms with van der Waals surface area (Å²) in [7, 11) is 0. The molecule has 148 valence electrons. The molecule has 0 amide bonds. The quantitative estimate of drug-likeness (QED) is 0.618. The maximum atomic E-state index is 14.7. The largest absolute Gasteiger partial charge is 0.465 e. The predicted molar refractivity (Wildman–Crippen MR) is 106 cm³/mol. The number of halogens is 1. The van der Waals surface area contributed by atoms with Crippen LogP contribution in [0, 0.1) is 5.82 Å². The smallest absolute Gasteiger partial charge is 0.338 e. The third-order valence-electron chi connectivity index (χ3n) is 4.53. The molecule has 6 nitrogen and oxygen atoms in total. The SMILES string of the molecule is CCOC(=O)C1=C(C)N=c2s/c(=C\c3ccco3)c(=O)n2[C@H]1c1ccccc1F.